The summed E-state index contributed by atoms with van der Waals surface area (Å²) in [7, 11) is 0. The summed E-state index contributed by atoms with van der Waals surface area (Å²) < 4.78 is 14.6. The third-order valence-corrected chi connectivity index (χ3v) is 5.57. The molecule has 0 amide bonds. The molecule has 27 heavy (non-hydrogen) atoms. The minimum Gasteiger partial charge on any atom is -0.487 e. The van der Waals surface area contributed by atoms with E-state index in [1.165, 1.54) is 16.7 Å². The Balaban J connectivity index is 1.37. The van der Waals surface area contributed by atoms with Gasteiger partial charge in [-0.3, -0.25) is 0 Å². The quantitative estimate of drug-likeness (QED) is 0.774. The predicted molar refractivity (Wildman–Crippen MR) is 103 cm³/mol. The molecule has 0 saturated carbocycles. The first-order valence-corrected chi connectivity index (χ1v) is 9.58. The third-order valence-electron chi connectivity index (χ3n) is 5.57. The van der Waals surface area contributed by atoms with E-state index in [4.69, 9.17) is 9.47 Å². The first-order chi connectivity index (χ1) is 13.2. The van der Waals surface area contributed by atoms with Crippen LogP contribution < -0.4 is 10.1 Å². The van der Waals surface area contributed by atoms with Crippen molar-refractivity contribution in [1.29, 1.82) is 0 Å². The average molecular weight is 364 g/mol. The monoisotopic (exact) mass is 364 g/mol. The van der Waals surface area contributed by atoms with Crippen molar-refractivity contribution in [3.63, 3.8) is 0 Å². The second-order valence-corrected chi connectivity index (χ2v) is 7.51. The maximum absolute atomic E-state index is 6.41. The van der Waals surface area contributed by atoms with E-state index in [9.17, 15) is 0 Å². The van der Waals surface area contributed by atoms with E-state index >= 15 is 0 Å². The summed E-state index contributed by atoms with van der Waals surface area (Å²) in [6.45, 7) is 6.64. The maximum atomic E-state index is 6.41. The topological polar surface area (TPSA) is 61.2 Å². The highest BCUT2D eigenvalue weighted by Gasteiger charge is 2.30. The van der Waals surface area contributed by atoms with Crippen molar-refractivity contribution in [2.45, 2.75) is 45.6 Å². The van der Waals surface area contributed by atoms with Crippen molar-refractivity contribution < 1.29 is 9.47 Å². The molecular weight excluding hydrogens is 340 g/mol. The van der Waals surface area contributed by atoms with E-state index in [2.05, 4.69) is 45.0 Å². The van der Waals surface area contributed by atoms with Crippen molar-refractivity contribution in [2.75, 3.05) is 13.2 Å². The molecule has 140 valence electrons. The highest BCUT2D eigenvalue weighted by Crippen LogP contribution is 2.33. The molecule has 0 radical (unpaired) electrons. The standard InChI is InChI=1S/C21H24N4O2/c1-13-7-15-3-5-22-10-18(15)19(8-13)27-16-9-20(26-11-16)25-6-4-17-14(2)23-12-24-21(17)25/h4,6-8,12,16,20,22H,3,5,9-11H2,1-2H3. The van der Waals surface area contributed by atoms with Crippen LogP contribution in [0.25, 0.3) is 11.0 Å². The van der Waals surface area contributed by atoms with Gasteiger partial charge in [-0.15, -0.1) is 0 Å². The smallest absolute Gasteiger partial charge is 0.145 e. The largest absolute Gasteiger partial charge is 0.487 e. The normalized spacial score (nSPS) is 22.1. The lowest BCUT2D eigenvalue weighted by Crippen LogP contribution is -2.26. The van der Waals surface area contributed by atoms with E-state index in [1.807, 2.05) is 13.1 Å². The first kappa shape index (κ1) is 16.7. The molecule has 1 saturated heterocycles. The number of aromatic nitrogens is 3. The Kier molecular flexibility index (Phi) is 4.10. The number of rotatable bonds is 3. The lowest BCUT2D eigenvalue weighted by Gasteiger charge is -2.23. The number of ether oxygens (including phenoxy) is 2. The molecule has 2 aromatic heterocycles. The van der Waals surface area contributed by atoms with Gasteiger partial charge in [0.1, 0.15) is 30.1 Å². The predicted octanol–water partition coefficient (Wildman–Crippen LogP) is 3.06. The molecule has 3 aromatic rings. The number of nitrogens with one attached hydrogen (secondary N) is 1. The van der Waals surface area contributed by atoms with Crippen LogP contribution in [-0.4, -0.2) is 33.8 Å². The summed E-state index contributed by atoms with van der Waals surface area (Å²) in [6, 6.07) is 6.50. The molecule has 6 heteroatoms. The fourth-order valence-electron chi connectivity index (χ4n) is 4.19. The summed E-state index contributed by atoms with van der Waals surface area (Å²) >= 11 is 0. The van der Waals surface area contributed by atoms with Crippen LogP contribution in [0.5, 0.6) is 5.75 Å². The third kappa shape index (κ3) is 2.99. The van der Waals surface area contributed by atoms with Crippen molar-refractivity contribution in [3.05, 3.63) is 53.1 Å². The van der Waals surface area contributed by atoms with Crippen molar-refractivity contribution in [3.8, 4) is 5.75 Å². The molecule has 4 heterocycles. The van der Waals surface area contributed by atoms with Gasteiger partial charge < -0.3 is 19.4 Å². The minimum absolute atomic E-state index is 0.0446. The molecule has 1 fully saturated rings. The van der Waals surface area contributed by atoms with Crippen LogP contribution in [0, 0.1) is 13.8 Å². The molecule has 2 aliphatic heterocycles. The Morgan fingerprint density at radius 2 is 2.19 bits per heavy atom. The van der Waals surface area contributed by atoms with E-state index in [0.29, 0.717) is 6.61 Å². The SMILES string of the molecule is Cc1cc2c(c(OC3COC(n4ccc5c(C)ncnc54)C3)c1)CNCC2. The van der Waals surface area contributed by atoms with E-state index in [0.717, 1.165) is 48.4 Å². The van der Waals surface area contributed by atoms with Gasteiger partial charge in [-0.25, -0.2) is 9.97 Å². The second kappa shape index (κ2) is 6.62. The molecule has 6 nitrogen and oxygen atoms in total. The van der Waals surface area contributed by atoms with E-state index in [-0.39, 0.29) is 12.3 Å². The van der Waals surface area contributed by atoms with Crippen LogP contribution in [0.3, 0.4) is 0 Å². The zero-order chi connectivity index (χ0) is 18.4. The van der Waals surface area contributed by atoms with Crippen molar-refractivity contribution in [2.24, 2.45) is 0 Å². The number of fused-ring (bicyclic) bond motifs is 2. The number of nitrogens with zero attached hydrogens (tertiary/aromatic N) is 3. The Hall–Kier alpha value is -2.44. The van der Waals surface area contributed by atoms with Crippen molar-refractivity contribution >= 4 is 11.0 Å². The molecular formula is C21H24N4O2. The number of hydrogen-bond acceptors (Lipinski definition) is 5. The van der Waals surface area contributed by atoms with E-state index in [1.54, 1.807) is 6.33 Å². The average Bonchev–Trinajstić information content (AvgIpc) is 3.29. The lowest BCUT2D eigenvalue weighted by atomic mass is 9.97. The Labute approximate surface area is 158 Å². The van der Waals surface area contributed by atoms with Crippen LogP contribution in [0.1, 0.15) is 35.0 Å². The van der Waals surface area contributed by atoms with Crippen LogP contribution >= 0.6 is 0 Å². The highest BCUT2D eigenvalue weighted by atomic mass is 16.6. The van der Waals surface area contributed by atoms with Gasteiger partial charge in [0.05, 0.1) is 12.3 Å². The molecule has 5 rings (SSSR count). The number of aryl methyl sites for hydroxylation is 2. The maximum Gasteiger partial charge on any atom is 0.145 e. The van der Waals surface area contributed by atoms with E-state index < -0.39 is 0 Å². The Morgan fingerprint density at radius 3 is 3.11 bits per heavy atom. The highest BCUT2D eigenvalue weighted by molar-refractivity contribution is 5.78. The van der Waals surface area contributed by atoms with Gasteiger partial charge in [-0.2, -0.15) is 0 Å². The fourth-order valence-corrected chi connectivity index (χ4v) is 4.19. The van der Waals surface area contributed by atoms with Crippen LogP contribution in [0.4, 0.5) is 0 Å². The molecule has 0 bridgehead atoms. The molecule has 0 aliphatic carbocycles. The fraction of sp³-hybridized carbons (Fsp3) is 0.429. The van der Waals surface area contributed by atoms with Gasteiger partial charge in [-0.05, 0) is 50.1 Å². The van der Waals surface area contributed by atoms with Gasteiger partial charge in [0.2, 0.25) is 0 Å². The molecule has 2 atom stereocenters. The number of benzene rings is 1. The lowest BCUT2D eigenvalue weighted by molar-refractivity contribution is 0.0526. The van der Waals surface area contributed by atoms with Gasteiger partial charge >= 0.3 is 0 Å². The molecule has 1 aromatic carbocycles. The zero-order valence-corrected chi connectivity index (χ0v) is 15.7. The van der Waals surface area contributed by atoms with Crippen LogP contribution in [0.2, 0.25) is 0 Å². The molecule has 2 unspecified atom stereocenters. The van der Waals surface area contributed by atoms with Crippen LogP contribution in [0.15, 0.2) is 30.7 Å². The summed E-state index contributed by atoms with van der Waals surface area (Å²) in [5.74, 6) is 1.00. The van der Waals surface area contributed by atoms with Gasteiger partial charge in [-0.1, -0.05) is 6.07 Å². The summed E-state index contributed by atoms with van der Waals surface area (Å²) in [4.78, 5) is 8.72. The van der Waals surface area contributed by atoms with Crippen LogP contribution in [-0.2, 0) is 17.7 Å². The molecule has 1 N–H and O–H groups in total. The summed E-state index contributed by atoms with van der Waals surface area (Å²) in [5.41, 5.74) is 5.87. The summed E-state index contributed by atoms with van der Waals surface area (Å²) in [5, 5.41) is 4.53. The second-order valence-electron chi connectivity index (χ2n) is 7.51. The molecule has 2 aliphatic rings. The Morgan fingerprint density at radius 1 is 1.26 bits per heavy atom. The van der Waals surface area contributed by atoms with Gasteiger partial charge in [0.15, 0.2) is 0 Å². The zero-order valence-electron chi connectivity index (χ0n) is 15.7. The minimum atomic E-state index is -0.0550. The van der Waals surface area contributed by atoms with Crippen molar-refractivity contribution in [1.82, 2.24) is 19.9 Å². The summed E-state index contributed by atoms with van der Waals surface area (Å²) in [6.07, 6.45) is 5.51. The first-order valence-electron chi connectivity index (χ1n) is 9.58. The Bertz CT molecular complexity index is 997. The van der Waals surface area contributed by atoms with Gasteiger partial charge in [0, 0.05) is 30.1 Å². The number of hydrogen-bond donors (Lipinski definition) is 1. The molecule has 0 spiro atoms. The van der Waals surface area contributed by atoms with Gasteiger partial charge in [0.25, 0.3) is 0 Å².